The molecule has 0 spiro atoms. The van der Waals surface area contributed by atoms with E-state index in [1.54, 1.807) is 0 Å². The largest absolute Gasteiger partial charge is 0.418 e. The monoisotopic (exact) mass is 321 g/mol. The average molecular weight is 321 g/mol. The van der Waals surface area contributed by atoms with Gasteiger partial charge < -0.3 is 10.6 Å². The van der Waals surface area contributed by atoms with E-state index in [9.17, 15) is 18.0 Å². The lowest BCUT2D eigenvalue weighted by Gasteiger charge is -2.30. The van der Waals surface area contributed by atoms with Crippen LogP contribution in [0, 0.1) is 6.92 Å². The summed E-state index contributed by atoms with van der Waals surface area (Å²) in [6, 6.07) is 4.22. The molecule has 0 saturated carbocycles. The SMILES string of the molecule is Cc1cc2c(cc1N)C(=O)N(c1cnccc1C(F)(F)F)CC2. The summed E-state index contributed by atoms with van der Waals surface area (Å²) in [6.07, 6.45) is -1.95. The Hall–Kier alpha value is -2.57. The summed E-state index contributed by atoms with van der Waals surface area (Å²) in [5.74, 6) is -0.489. The van der Waals surface area contributed by atoms with Crippen molar-refractivity contribution in [2.75, 3.05) is 17.2 Å². The van der Waals surface area contributed by atoms with Crippen molar-refractivity contribution in [2.45, 2.75) is 19.5 Å². The molecular formula is C16H14F3N3O. The maximum absolute atomic E-state index is 13.2. The highest BCUT2D eigenvalue weighted by atomic mass is 19.4. The van der Waals surface area contributed by atoms with E-state index in [4.69, 9.17) is 5.73 Å². The standard InChI is InChI=1S/C16H14F3N3O/c1-9-6-10-3-5-22(15(23)11(10)7-13(9)20)14-8-21-4-2-12(14)16(17,18)19/h2,4,6-8H,3,5,20H2,1H3. The maximum Gasteiger partial charge on any atom is 0.418 e. The van der Waals surface area contributed by atoms with E-state index in [1.807, 2.05) is 13.0 Å². The first kappa shape index (κ1) is 15.3. The molecule has 7 heteroatoms. The van der Waals surface area contributed by atoms with Crippen LogP contribution in [0.15, 0.2) is 30.6 Å². The minimum atomic E-state index is -4.55. The molecule has 0 unspecified atom stereocenters. The Morgan fingerprint density at radius 2 is 2.04 bits per heavy atom. The van der Waals surface area contributed by atoms with Gasteiger partial charge in [-0.1, -0.05) is 6.07 Å². The van der Waals surface area contributed by atoms with Crippen molar-refractivity contribution in [2.24, 2.45) is 0 Å². The van der Waals surface area contributed by atoms with Gasteiger partial charge in [-0.05, 0) is 36.6 Å². The third-order valence-corrected chi connectivity index (χ3v) is 3.97. The molecule has 2 aromatic rings. The number of nitrogen functional groups attached to an aromatic ring is 1. The molecule has 1 aromatic carbocycles. The second kappa shape index (κ2) is 5.26. The lowest BCUT2D eigenvalue weighted by atomic mass is 9.95. The number of fused-ring (bicyclic) bond motifs is 1. The van der Waals surface area contributed by atoms with Crippen LogP contribution >= 0.6 is 0 Å². The van der Waals surface area contributed by atoms with Crippen LogP contribution in [0.4, 0.5) is 24.5 Å². The molecule has 0 aliphatic carbocycles. The first-order valence-corrected chi connectivity index (χ1v) is 7.01. The zero-order valence-corrected chi connectivity index (χ0v) is 12.3. The van der Waals surface area contributed by atoms with E-state index in [0.717, 1.165) is 34.5 Å². The van der Waals surface area contributed by atoms with E-state index in [2.05, 4.69) is 4.98 Å². The van der Waals surface area contributed by atoms with Crippen molar-refractivity contribution in [1.29, 1.82) is 0 Å². The predicted octanol–water partition coefficient (Wildman–Crippen LogP) is 3.19. The zero-order chi connectivity index (χ0) is 16.8. The summed E-state index contributed by atoms with van der Waals surface area (Å²) in [4.78, 5) is 17.5. The second-order valence-corrected chi connectivity index (χ2v) is 5.46. The number of hydrogen-bond acceptors (Lipinski definition) is 3. The Morgan fingerprint density at radius 1 is 1.30 bits per heavy atom. The molecular weight excluding hydrogens is 307 g/mol. The maximum atomic E-state index is 13.2. The molecule has 0 radical (unpaired) electrons. The number of halogens is 3. The van der Waals surface area contributed by atoms with Crippen molar-refractivity contribution in [1.82, 2.24) is 4.98 Å². The fourth-order valence-electron chi connectivity index (χ4n) is 2.74. The van der Waals surface area contributed by atoms with Gasteiger partial charge in [0, 0.05) is 24.0 Å². The lowest BCUT2D eigenvalue weighted by Crippen LogP contribution is -2.39. The van der Waals surface area contributed by atoms with Gasteiger partial charge in [0.05, 0.1) is 17.4 Å². The van der Waals surface area contributed by atoms with Gasteiger partial charge in [-0.15, -0.1) is 0 Å². The first-order chi connectivity index (χ1) is 10.8. The molecule has 0 saturated heterocycles. The van der Waals surface area contributed by atoms with E-state index in [0.29, 0.717) is 17.7 Å². The minimum Gasteiger partial charge on any atom is -0.398 e. The lowest BCUT2D eigenvalue weighted by molar-refractivity contribution is -0.137. The second-order valence-electron chi connectivity index (χ2n) is 5.46. The van der Waals surface area contributed by atoms with Crippen LogP contribution in [0.25, 0.3) is 0 Å². The van der Waals surface area contributed by atoms with Crippen molar-refractivity contribution >= 4 is 17.3 Å². The first-order valence-electron chi connectivity index (χ1n) is 7.01. The number of aromatic nitrogens is 1. The number of nitrogens with zero attached hydrogens (tertiary/aromatic N) is 2. The molecule has 120 valence electrons. The highest BCUT2D eigenvalue weighted by molar-refractivity contribution is 6.09. The fourth-order valence-corrected chi connectivity index (χ4v) is 2.74. The van der Waals surface area contributed by atoms with Crippen LogP contribution in [0.2, 0.25) is 0 Å². The Balaban J connectivity index is 2.07. The molecule has 0 fully saturated rings. The number of anilines is 2. The Labute approximate surface area is 130 Å². The number of benzene rings is 1. The van der Waals surface area contributed by atoms with Crippen LogP contribution in [0.1, 0.15) is 27.0 Å². The van der Waals surface area contributed by atoms with E-state index < -0.39 is 17.6 Å². The van der Waals surface area contributed by atoms with Gasteiger partial charge in [-0.3, -0.25) is 9.78 Å². The van der Waals surface area contributed by atoms with Crippen molar-refractivity contribution in [3.63, 3.8) is 0 Å². The molecule has 1 amide bonds. The molecule has 1 aliphatic heterocycles. The van der Waals surface area contributed by atoms with Crippen LogP contribution in [-0.4, -0.2) is 17.4 Å². The van der Waals surface area contributed by atoms with Gasteiger partial charge in [-0.25, -0.2) is 0 Å². The topological polar surface area (TPSA) is 59.2 Å². The quantitative estimate of drug-likeness (QED) is 0.821. The number of hydrogen-bond donors (Lipinski definition) is 1. The molecule has 0 bridgehead atoms. The molecule has 23 heavy (non-hydrogen) atoms. The molecule has 0 atom stereocenters. The minimum absolute atomic E-state index is 0.171. The molecule has 4 nitrogen and oxygen atoms in total. The van der Waals surface area contributed by atoms with Crippen LogP contribution in [-0.2, 0) is 12.6 Å². The van der Waals surface area contributed by atoms with Crippen LogP contribution in [0.5, 0.6) is 0 Å². The Morgan fingerprint density at radius 3 is 2.74 bits per heavy atom. The van der Waals surface area contributed by atoms with E-state index in [-0.39, 0.29) is 12.2 Å². The van der Waals surface area contributed by atoms with Gasteiger partial charge in [-0.2, -0.15) is 13.2 Å². The normalized spacial score (nSPS) is 14.8. The number of alkyl halides is 3. The summed E-state index contributed by atoms with van der Waals surface area (Å²) in [6.45, 7) is 2.00. The number of carbonyl (C=O) groups is 1. The smallest absolute Gasteiger partial charge is 0.398 e. The molecule has 2 heterocycles. The third kappa shape index (κ3) is 2.62. The Bertz CT molecular complexity index is 787. The highest BCUT2D eigenvalue weighted by Gasteiger charge is 2.37. The summed E-state index contributed by atoms with van der Waals surface area (Å²) in [5.41, 5.74) is 7.17. The van der Waals surface area contributed by atoms with Gasteiger partial charge >= 0.3 is 6.18 Å². The fraction of sp³-hybridized carbons (Fsp3) is 0.250. The summed E-state index contributed by atoms with van der Waals surface area (Å²) in [7, 11) is 0. The Kier molecular flexibility index (Phi) is 3.50. The van der Waals surface area contributed by atoms with Crippen molar-refractivity contribution in [3.8, 4) is 0 Å². The number of pyridine rings is 1. The molecule has 2 N–H and O–H groups in total. The molecule has 1 aliphatic rings. The van der Waals surface area contributed by atoms with Crippen molar-refractivity contribution < 1.29 is 18.0 Å². The summed E-state index contributed by atoms with van der Waals surface area (Å²) < 4.78 is 39.5. The molecule has 3 rings (SSSR count). The number of rotatable bonds is 1. The molecule has 1 aromatic heterocycles. The predicted molar refractivity (Wildman–Crippen MR) is 80.2 cm³/mol. The highest BCUT2D eigenvalue weighted by Crippen LogP contribution is 2.37. The van der Waals surface area contributed by atoms with Crippen molar-refractivity contribution in [3.05, 3.63) is 52.8 Å². The average Bonchev–Trinajstić information content (AvgIpc) is 2.49. The van der Waals surface area contributed by atoms with Gasteiger partial charge in [0.2, 0.25) is 0 Å². The summed E-state index contributed by atoms with van der Waals surface area (Å²) >= 11 is 0. The summed E-state index contributed by atoms with van der Waals surface area (Å²) in [5, 5.41) is 0. The van der Waals surface area contributed by atoms with E-state index in [1.165, 1.54) is 6.07 Å². The zero-order valence-electron chi connectivity index (χ0n) is 12.3. The number of amides is 1. The number of carbonyl (C=O) groups excluding carboxylic acids is 1. The van der Waals surface area contributed by atoms with Crippen LogP contribution in [0.3, 0.4) is 0 Å². The van der Waals surface area contributed by atoms with E-state index >= 15 is 0 Å². The third-order valence-electron chi connectivity index (χ3n) is 3.97. The van der Waals surface area contributed by atoms with Crippen LogP contribution < -0.4 is 10.6 Å². The van der Waals surface area contributed by atoms with Gasteiger partial charge in [0.1, 0.15) is 0 Å². The number of nitrogens with two attached hydrogens (primary N) is 1. The number of aryl methyl sites for hydroxylation is 1. The van der Waals surface area contributed by atoms with Gasteiger partial charge in [0.15, 0.2) is 0 Å². The van der Waals surface area contributed by atoms with Gasteiger partial charge in [0.25, 0.3) is 5.91 Å².